The Balaban J connectivity index is 1.94. The van der Waals surface area contributed by atoms with Crippen LogP contribution in [-0.4, -0.2) is 59.2 Å². The fraction of sp³-hybridized carbons (Fsp3) is 0.500. The van der Waals surface area contributed by atoms with E-state index >= 15 is 0 Å². The van der Waals surface area contributed by atoms with Gasteiger partial charge in [-0.25, -0.2) is 14.6 Å². The Kier molecular flexibility index (Phi) is 3.19. The topological polar surface area (TPSA) is 85.8 Å². The van der Waals surface area contributed by atoms with Crippen LogP contribution in [0, 0.1) is 13.8 Å². The van der Waals surface area contributed by atoms with Gasteiger partial charge in [-0.05, 0) is 25.5 Å². The number of nitrogens with one attached hydrogen (secondary N) is 1. The smallest absolute Gasteiger partial charge is 0.339 e. The number of anilines is 1. The number of urea groups is 1. The lowest BCUT2D eigenvalue weighted by molar-refractivity contribution is 0.0696. The predicted molar refractivity (Wildman–Crippen MR) is 76.8 cm³/mol. The SMILES string of the molecule is Cc1cc(C)c(C(=O)O)c(N2CCN3C(=O)NCC3C2)n1. The zero-order valence-electron chi connectivity index (χ0n) is 12.1. The first-order valence-corrected chi connectivity index (χ1v) is 6.98. The second-order valence-electron chi connectivity index (χ2n) is 5.56. The second kappa shape index (κ2) is 4.91. The van der Waals surface area contributed by atoms with E-state index in [9.17, 15) is 14.7 Å². The zero-order chi connectivity index (χ0) is 15.1. The van der Waals surface area contributed by atoms with Crippen LogP contribution < -0.4 is 10.2 Å². The fourth-order valence-electron chi connectivity index (χ4n) is 3.11. The summed E-state index contributed by atoms with van der Waals surface area (Å²) in [6.45, 7) is 6.04. The first-order valence-electron chi connectivity index (χ1n) is 6.98. The summed E-state index contributed by atoms with van der Waals surface area (Å²) in [5, 5.41) is 12.3. The summed E-state index contributed by atoms with van der Waals surface area (Å²) in [4.78, 5) is 31.4. The van der Waals surface area contributed by atoms with E-state index < -0.39 is 5.97 Å². The number of amides is 2. The predicted octanol–water partition coefficient (Wildman–Crippen LogP) is 0.610. The average molecular weight is 290 g/mol. The van der Waals surface area contributed by atoms with E-state index in [1.54, 1.807) is 17.9 Å². The average Bonchev–Trinajstić information content (AvgIpc) is 2.78. The van der Waals surface area contributed by atoms with Crippen molar-refractivity contribution < 1.29 is 14.7 Å². The number of carboxylic acid groups (broad SMARTS) is 1. The van der Waals surface area contributed by atoms with Crippen molar-refractivity contribution in [2.45, 2.75) is 19.9 Å². The molecule has 2 N–H and O–H groups in total. The van der Waals surface area contributed by atoms with Crippen molar-refractivity contribution >= 4 is 17.8 Å². The third kappa shape index (κ3) is 2.28. The van der Waals surface area contributed by atoms with Crippen molar-refractivity contribution in [3.8, 4) is 0 Å². The summed E-state index contributed by atoms with van der Waals surface area (Å²) >= 11 is 0. The summed E-state index contributed by atoms with van der Waals surface area (Å²) in [6.07, 6.45) is 0. The molecule has 7 heteroatoms. The lowest BCUT2D eigenvalue weighted by Gasteiger charge is -2.37. The lowest BCUT2D eigenvalue weighted by Crippen LogP contribution is -2.52. The van der Waals surface area contributed by atoms with E-state index in [4.69, 9.17) is 0 Å². The summed E-state index contributed by atoms with van der Waals surface area (Å²) < 4.78 is 0. The maximum Gasteiger partial charge on any atom is 0.339 e. The summed E-state index contributed by atoms with van der Waals surface area (Å²) in [5.41, 5.74) is 1.77. The molecule has 0 bridgehead atoms. The molecular weight excluding hydrogens is 272 g/mol. The highest BCUT2D eigenvalue weighted by molar-refractivity contribution is 5.95. The molecule has 1 unspecified atom stereocenters. The molecule has 1 aromatic heterocycles. The second-order valence-corrected chi connectivity index (χ2v) is 5.56. The summed E-state index contributed by atoms with van der Waals surface area (Å²) in [7, 11) is 0. The zero-order valence-corrected chi connectivity index (χ0v) is 12.1. The Morgan fingerprint density at radius 2 is 2.19 bits per heavy atom. The van der Waals surface area contributed by atoms with Gasteiger partial charge in [0.2, 0.25) is 0 Å². The number of hydrogen-bond acceptors (Lipinski definition) is 4. The number of fused-ring (bicyclic) bond motifs is 1. The summed E-state index contributed by atoms with van der Waals surface area (Å²) in [6, 6.07) is 1.83. The molecule has 2 aliphatic heterocycles. The third-order valence-electron chi connectivity index (χ3n) is 4.07. The van der Waals surface area contributed by atoms with Crippen LogP contribution in [0.25, 0.3) is 0 Å². The number of carboxylic acids is 1. The van der Waals surface area contributed by atoms with Crippen molar-refractivity contribution in [3.05, 3.63) is 22.9 Å². The van der Waals surface area contributed by atoms with Crippen LogP contribution in [0.15, 0.2) is 6.07 Å². The molecule has 0 radical (unpaired) electrons. The molecule has 2 amide bonds. The Morgan fingerprint density at radius 3 is 2.90 bits per heavy atom. The van der Waals surface area contributed by atoms with E-state index in [2.05, 4.69) is 10.3 Å². The van der Waals surface area contributed by atoms with Gasteiger partial charge in [0.25, 0.3) is 0 Å². The Labute approximate surface area is 122 Å². The number of aromatic carboxylic acids is 1. The van der Waals surface area contributed by atoms with Crippen LogP contribution in [0.3, 0.4) is 0 Å². The molecule has 3 rings (SSSR count). The number of carbonyl (C=O) groups excluding carboxylic acids is 1. The molecule has 1 aromatic rings. The van der Waals surface area contributed by atoms with Crippen molar-refractivity contribution in [2.24, 2.45) is 0 Å². The quantitative estimate of drug-likeness (QED) is 0.833. The highest BCUT2D eigenvalue weighted by atomic mass is 16.4. The highest BCUT2D eigenvalue weighted by Crippen LogP contribution is 2.26. The van der Waals surface area contributed by atoms with Gasteiger partial charge in [-0.2, -0.15) is 0 Å². The molecule has 3 heterocycles. The molecule has 0 aromatic carbocycles. The van der Waals surface area contributed by atoms with E-state index in [1.165, 1.54) is 0 Å². The molecule has 1 atom stereocenters. The number of piperazine rings is 1. The van der Waals surface area contributed by atoms with Gasteiger partial charge in [0.15, 0.2) is 0 Å². The summed E-state index contributed by atoms with van der Waals surface area (Å²) in [5.74, 6) is -0.447. The van der Waals surface area contributed by atoms with E-state index in [0.29, 0.717) is 37.6 Å². The number of aryl methyl sites for hydroxylation is 2. The van der Waals surface area contributed by atoms with Crippen LogP contribution >= 0.6 is 0 Å². The molecule has 0 spiro atoms. The Bertz CT molecular complexity index is 616. The minimum Gasteiger partial charge on any atom is -0.478 e. The van der Waals surface area contributed by atoms with Gasteiger partial charge in [-0.15, -0.1) is 0 Å². The van der Waals surface area contributed by atoms with Crippen molar-refractivity contribution in [3.63, 3.8) is 0 Å². The minimum atomic E-state index is -0.960. The van der Waals surface area contributed by atoms with Crippen molar-refractivity contribution in [2.75, 3.05) is 31.1 Å². The Morgan fingerprint density at radius 1 is 1.43 bits per heavy atom. The number of pyridine rings is 1. The van der Waals surface area contributed by atoms with Crippen molar-refractivity contribution in [1.82, 2.24) is 15.2 Å². The number of hydrogen-bond donors (Lipinski definition) is 2. The monoisotopic (exact) mass is 290 g/mol. The Hall–Kier alpha value is -2.31. The molecule has 112 valence electrons. The van der Waals surface area contributed by atoms with Gasteiger partial charge in [0, 0.05) is 31.9 Å². The van der Waals surface area contributed by atoms with Crippen LogP contribution in [0.1, 0.15) is 21.6 Å². The first-order chi connectivity index (χ1) is 9.97. The van der Waals surface area contributed by atoms with Gasteiger partial charge in [0.05, 0.1) is 6.04 Å². The molecule has 2 aliphatic rings. The van der Waals surface area contributed by atoms with Gasteiger partial charge in [-0.3, -0.25) is 0 Å². The standard InChI is InChI=1S/C14H18N4O3/c1-8-5-9(2)16-12(11(8)13(19)20)17-3-4-18-10(7-17)6-15-14(18)21/h5,10H,3-4,6-7H2,1-2H3,(H,15,21)(H,19,20). The number of nitrogens with zero attached hydrogens (tertiary/aromatic N) is 3. The number of aromatic nitrogens is 1. The first kappa shape index (κ1) is 13.7. The van der Waals surface area contributed by atoms with Gasteiger partial charge < -0.3 is 20.2 Å². The van der Waals surface area contributed by atoms with E-state index in [1.807, 2.05) is 11.8 Å². The number of carbonyl (C=O) groups is 2. The largest absolute Gasteiger partial charge is 0.478 e. The van der Waals surface area contributed by atoms with E-state index in [-0.39, 0.29) is 17.6 Å². The van der Waals surface area contributed by atoms with E-state index in [0.717, 1.165) is 5.69 Å². The molecule has 21 heavy (non-hydrogen) atoms. The lowest BCUT2D eigenvalue weighted by atomic mass is 10.1. The molecule has 2 saturated heterocycles. The molecular formula is C14H18N4O3. The maximum absolute atomic E-state index is 11.6. The van der Waals surface area contributed by atoms with Gasteiger partial charge >= 0.3 is 12.0 Å². The van der Waals surface area contributed by atoms with Crippen LogP contribution in [0.4, 0.5) is 10.6 Å². The molecule has 7 nitrogen and oxygen atoms in total. The van der Waals surface area contributed by atoms with Crippen LogP contribution in [0.2, 0.25) is 0 Å². The normalized spacial score (nSPS) is 21.2. The fourth-order valence-corrected chi connectivity index (χ4v) is 3.11. The minimum absolute atomic E-state index is 0.0357. The van der Waals surface area contributed by atoms with Crippen LogP contribution in [-0.2, 0) is 0 Å². The van der Waals surface area contributed by atoms with Crippen LogP contribution in [0.5, 0.6) is 0 Å². The molecule has 2 fully saturated rings. The number of rotatable bonds is 2. The van der Waals surface area contributed by atoms with Crippen molar-refractivity contribution in [1.29, 1.82) is 0 Å². The highest BCUT2D eigenvalue weighted by Gasteiger charge is 2.37. The van der Waals surface area contributed by atoms with Gasteiger partial charge in [-0.1, -0.05) is 0 Å². The molecule has 0 saturated carbocycles. The molecule has 0 aliphatic carbocycles. The maximum atomic E-state index is 11.6. The third-order valence-corrected chi connectivity index (χ3v) is 4.07. The van der Waals surface area contributed by atoms with Gasteiger partial charge in [0.1, 0.15) is 11.4 Å².